The summed E-state index contributed by atoms with van der Waals surface area (Å²) in [5.74, 6) is 1.77. The molecule has 3 aliphatic rings. The summed E-state index contributed by atoms with van der Waals surface area (Å²) in [4.78, 5) is 38.0. The van der Waals surface area contributed by atoms with E-state index in [-0.39, 0.29) is 35.5 Å². The summed E-state index contributed by atoms with van der Waals surface area (Å²) in [6, 6.07) is 3.92. The van der Waals surface area contributed by atoms with Gasteiger partial charge in [0.15, 0.2) is 5.96 Å². The highest BCUT2D eigenvalue weighted by atomic mass is 16.2. The molecule has 4 atom stereocenters. The molecular formula is C22H30N6O2. The summed E-state index contributed by atoms with van der Waals surface area (Å²) >= 11 is 0. The van der Waals surface area contributed by atoms with Gasteiger partial charge in [0.2, 0.25) is 11.8 Å². The van der Waals surface area contributed by atoms with Crippen molar-refractivity contribution in [1.82, 2.24) is 20.5 Å². The Kier molecular flexibility index (Phi) is 5.74. The SMILES string of the molecule is CCNC(=NCc1cccnc1N(C)C)NCCN1C(=O)C2C3C=CC(C3)C2C1=O. The Morgan fingerprint density at radius 2 is 1.90 bits per heavy atom. The zero-order chi connectivity index (χ0) is 21.3. The third kappa shape index (κ3) is 3.66. The van der Waals surface area contributed by atoms with Crippen LogP contribution in [0, 0.1) is 23.7 Å². The van der Waals surface area contributed by atoms with Gasteiger partial charge in [-0.15, -0.1) is 0 Å². The molecule has 1 aromatic rings. The number of anilines is 1. The Balaban J connectivity index is 1.35. The van der Waals surface area contributed by atoms with Crippen LogP contribution < -0.4 is 15.5 Å². The first-order chi connectivity index (χ1) is 14.5. The van der Waals surface area contributed by atoms with E-state index in [1.807, 2.05) is 38.1 Å². The van der Waals surface area contributed by atoms with E-state index in [2.05, 4.69) is 32.8 Å². The second-order valence-corrected chi connectivity index (χ2v) is 8.33. The van der Waals surface area contributed by atoms with Gasteiger partial charge in [0.05, 0.1) is 18.4 Å². The number of aliphatic imine (C=N–C) groups is 1. The van der Waals surface area contributed by atoms with Crippen molar-refractivity contribution < 1.29 is 9.59 Å². The van der Waals surface area contributed by atoms with Crippen LogP contribution in [-0.2, 0) is 16.1 Å². The molecular weight excluding hydrogens is 380 g/mol. The second-order valence-electron chi connectivity index (χ2n) is 8.33. The number of rotatable bonds is 7. The average Bonchev–Trinajstić information content (AvgIpc) is 3.41. The van der Waals surface area contributed by atoms with E-state index < -0.39 is 0 Å². The van der Waals surface area contributed by atoms with Gasteiger partial charge < -0.3 is 15.5 Å². The van der Waals surface area contributed by atoms with Crippen LogP contribution in [0.25, 0.3) is 0 Å². The molecule has 1 saturated heterocycles. The quantitative estimate of drug-likeness (QED) is 0.302. The van der Waals surface area contributed by atoms with Gasteiger partial charge in [0.25, 0.3) is 0 Å². The summed E-state index contributed by atoms with van der Waals surface area (Å²) in [5, 5.41) is 6.47. The molecule has 8 heteroatoms. The van der Waals surface area contributed by atoms with Gasteiger partial charge >= 0.3 is 0 Å². The molecule has 2 bridgehead atoms. The Morgan fingerprint density at radius 1 is 1.20 bits per heavy atom. The topological polar surface area (TPSA) is 89.9 Å². The lowest BCUT2D eigenvalue weighted by molar-refractivity contribution is -0.140. The van der Waals surface area contributed by atoms with Gasteiger partial charge in [0.1, 0.15) is 5.82 Å². The van der Waals surface area contributed by atoms with Crippen molar-refractivity contribution in [2.45, 2.75) is 19.9 Å². The van der Waals surface area contributed by atoms with Crippen LogP contribution in [0.4, 0.5) is 5.82 Å². The molecule has 2 N–H and O–H groups in total. The highest BCUT2D eigenvalue weighted by molar-refractivity contribution is 6.06. The van der Waals surface area contributed by atoms with Gasteiger partial charge in [-0.2, -0.15) is 0 Å². The fourth-order valence-corrected chi connectivity index (χ4v) is 4.93. The number of carbonyl (C=O) groups is 2. The van der Waals surface area contributed by atoms with E-state index in [0.29, 0.717) is 25.6 Å². The Labute approximate surface area is 177 Å². The number of hydrogen-bond acceptors (Lipinski definition) is 5. The minimum Gasteiger partial charge on any atom is -0.362 e. The van der Waals surface area contributed by atoms with Gasteiger partial charge in [0, 0.05) is 45.5 Å². The van der Waals surface area contributed by atoms with E-state index in [1.54, 1.807) is 6.20 Å². The van der Waals surface area contributed by atoms with Crippen LogP contribution in [0.15, 0.2) is 35.5 Å². The molecule has 30 heavy (non-hydrogen) atoms. The standard InChI is InChI=1S/C22H30N6O2/c1-4-23-22(26-13-16-6-5-9-24-19(16)27(2)3)25-10-11-28-20(29)17-14-7-8-15(12-14)18(17)21(28)30/h5-9,14-15,17-18H,4,10-13H2,1-3H3,(H2,23,25,26). The molecule has 4 rings (SSSR count). The van der Waals surface area contributed by atoms with Crippen molar-refractivity contribution >= 4 is 23.6 Å². The maximum Gasteiger partial charge on any atom is 0.233 e. The molecule has 1 aromatic heterocycles. The van der Waals surface area contributed by atoms with E-state index >= 15 is 0 Å². The maximum atomic E-state index is 12.8. The second kappa shape index (κ2) is 8.45. The summed E-state index contributed by atoms with van der Waals surface area (Å²) in [6.07, 6.45) is 6.97. The predicted molar refractivity (Wildman–Crippen MR) is 116 cm³/mol. The van der Waals surface area contributed by atoms with Crippen molar-refractivity contribution in [1.29, 1.82) is 0 Å². The smallest absolute Gasteiger partial charge is 0.233 e. The zero-order valence-corrected chi connectivity index (χ0v) is 17.8. The van der Waals surface area contributed by atoms with Crippen molar-refractivity contribution in [3.05, 3.63) is 36.0 Å². The van der Waals surface area contributed by atoms with Gasteiger partial charge in [-0.1, -0.05) is 18.2 Å². The van der Waals surface area contributed by atoms with Gasteiger partial charge in [-0.3, -0.25) is 14.5 Å². The molecule has 1 saturated carbocycles. The van der Waals surface area contributed by atoms with Crippen LogP contribution in [0.3, 0.4) is 0 Å². The number of amides is 2. The van der Waals surface area contributed by atoms with E-state index in [4.69, 9.17) is 0 Å². The fourth-order valence-electron chi connectivity index (χ4n) is 4.93. The monoisotopic (exact) mass is 410 g/mol. The highest BCUT2D eigenvalue weighted by Gasteiger charge is 2.58. The minimum atomic E-state index is -0.135. The molecule has 8 nitrogen and oxygen atoms in total. The number of imide groups is 1. The summed E-state index contributed by atoms with van der Waals surface area (Å²) in [5.41, 5.74) is 1.03. The summed E-state index contributed by atoms with van der Waals surface area (Å²) in [6.45, 7) is 4.05. The molecule has 2 fully saturated rings. The highest BCUT2D eigenvalue weighted by Crippen LogP contribution is 2.52. The van der Waals surface area contributed by atoms with Crippen LogP contribution >= 0.6 is 0 Å². The van der Waals surface area contributed by atoms with E-state index in [1.165, 1.54) is 4.90 Å². The van der Waals surface area contributed by atoms with Gasteiger partial charge in [-0.25, -0.2) is 9.98 Å². The van der Waals surface area contributed by atoms with Crippen LogP contribution in [0.2, 0.25) is 0 Å². The normalized spacial score (nSPS) is 27.0. The molecule has 2 heterocycles. The largest absolute Gasteiger partial charge is 0.362 e. The predicted octanol–water partition coefficient (Wildman–Crippen LogP) is 1.01. The molecule has 0 spiro atoms. The lowest BCUT2D eigenvalue weighted by atomic mass is 9.85. The number of guanidine groups is 1. The maximum absolute atomic E-state index is 12.8. The Bertz CT molecular complexity index is 850. The van der Waals surface area contributed by atoms with Crippen molar-refractivity contribution in [2.24, 2.45) is 28.7 Å². The fraction of sp³-hybridized carbons (Fsp3) is 0.545. The van der Waals surface area contributed by atoms with Crippen LogP contribution in [0.5, 0.6) is 0 Å². The van der Waals surface area contributed by atoms with Crippen LogP contribution in [-0.4, -0.2) is 61.4 Å². The third-order valence-corrected chi connectivity index (χ3v) is 6.23. The van der Waals surface area contributed by atoms with E-state index in [0.717, 1.165) is 24.3 Å². The number of fused-ring (bicyclic) bond motifs is 5. The van der Waals surface area contributed by atoms with Gasteiger partial charge in [-0.05, 0) is 31.2 Å². The zero-order valence-electron chi connectivity index (χ0n) is 17.8. The number of nitrogens with one attached hydrogen (secondary N) is 2. The summed E-state index contributed by atoms with van der Waals surface area (Å²) in [7, 11) is 3.92. The lowest BCUT2D eigenvalue weighted by Gasteiger charge is -2.19. The molecule has 2 aliphatic carbocycles. The van der Waals surface area contributed by atoms with Crippen molar-refractivity contribution in [3.8, 4) is 0 Å². The number of hydrogen-bond donors (Lipinski definition) is 2. The summed E-state index contributed by atoms with van der Waals surface area (Å²) < 4.78 is 0. The number of allylic oxidation sites excluding steroid dienone is 2. The molecule has 4 unspecified atom stereocenters. The number of pyridine rings is 1. The minimum absolute atomic E-state index is 0.00317. The third-order valence-electron chi connectivity index (χ3n) is 6.23. The number of likely N-dealkylation sites (tertiary alicyclic amines) is 1. The number of aromatic nitrogens is 1. The Hall–Kier alpha value is -2.90. The Morgan fingerprint density at radius 3 is 2.53 bits per heavy atom. The first kappa shape index (κ1) is 20.4. The first-order valence-corrected chi connectivity index (χ1v) is 10.7. The first-order valence-electron chi connectivity index (χ1n) is 10.7. The molecule has 0 radical (unpaired) electrons. The van der Waals surface area contributed by atoms with Crippen molar-refractivity contribution in [3.63, 3.8) is 0 Å². The lowest BCUT2D eigenvalue weighted by Crippen LogP contribution is -2.43. The number of carbonyl (C=O) groups excluding carboxylic acids is 2. The van der Waals surface area contributed by atoms with Crippen molar-refractivity contribution in [2.75, 3.05) is 38.6 Å². The van der Waals surface area contributed by atoms with Crippen LogP contribution in [0.1, 0.15) is 18.9 Å². The average molecular weight is 411 g/mol. The molecule has 1 aliphatic heterocycles. The number of nitrogens with zero attached hydrogens (tertiary/aromatic N) is 4. The molecule has 0 aromatic carbocycles. The molecule has 2 amide bonds. The molecule has 160 valence electrons. The van der Waals surface area contributed by atoms with E-state index in [9.17, 15) is 9.59 Å².